The molecule has 0 aromatic heterocycles. The highest BCUT2D eigenvalue weighted by Crippen LogP contribution is 2.32. The topological polar surface area (TPSA) is 59.5 Å². The summed E-state index contributed by atoms with van der Waals surface area (Å²) in [4.78, 5) is 39.1. The van der Waals surface area contributed by atoms with Crippen molar-refractivity contribution in [3.05, 3.63) is 65.7 Å². The van der Waals surface area contributed by atoms with E-state index < -0.39 is 12.2 Å². The highest BCUT2D eigenvalue weighted by atomic mass is 16.2. The molecule has 7 heteroatoms. The van der Waals surface area contributed by atoms with Gasteiger partial charge in [-0.05, 0) is 48.9 Å². The van der Waals surface area contributed by atoms with Gasteiger partial charge in [0.15, 0.2) is 12.2 Å². The number of benzene rings is 2. The molecule has 2 atom stereocenters. The van der Waals surface area contributed by atoms with Crippen molar-refractivity contribution < 1.29 is 9.59 Å². The Balaban J connectivity index is 1.41. The Morgan fingerprint density at radius 2 is 1.67 bits per heavy atom. The van der Waals surface area contributed by atoms with E-state index in [9.17, 15) is 9.59 Å². The molecule has 2 saturated heterocycles. The number of anilines is 1. The van der Waals surface area contributed by atoms with Gasteiger partial charge in [-0.25, -0.2) is 9.79 Å². The smallest absolute Gasteiger partial charge is 0.327 e. The van der Waals surface area contributed by atoms with E-state index in [2.05, 4.69) is 41.0 Å². The number of fused-ring (bicyclic) bond motifs is 3. The van der Waals surface area contributed by atoms with Crippen LogP contribution < -0.4 is 4.90 Å². The van der Waals surface area contributed by atoms with Gasteiger partial charge in [-0.2, -0.15) is 0 Å². The van der Waals surface area contributed by atoms with E-state index in [0.717, 1.165) is 49.6 Å². The molecule has 3 aliphatic heterocycles. The summed E-state index contributed by atoms with van der Waals surface area (Å²) in [5.41, 5.74) is 3.49. The number of aryl methyl sites for hydroxylation is 1. The first-order chi connectivity index (χ1) is 16.1. The molecule has 172 valence electrons. The van der Waals surface area contributed by atoms with Crippen LogP contribution >= 0.6 is 0 Å². The molecule has 5 rings (SSSR count). The number of imide groups is 1. The molecule has 0 saturated carbocycles. The van der Waals surface area contributed by atoms with E-state index in [1.807, 2.05) is 30.3 Å². The molecule has 0 aliphatic carbocycles. The summed E-state index contributed by atoms with van der Waals surface area (Å²) >= 11 is 0. The normalized spacial score (nSPS) is 22.8. The largest absolute Gasteiger partial charge is 0.328 e. The first-order valence-electron chi connectivity index (χ1n) is 11.9. The Hall–Kier alpha value is -3.35. The molecule has 2 unspecified atom stereocenters. The minimum Gasteiger partial charge on any atom is -0.327 e. The summed E-state index contributed by atoms with van der Waals surface area (Å²) in [6, 6.07) is 17.8. The second-order valence-electron chi connectivity index (χ2n) is 8.98. The number of nitrogens with zero attached hydrogens (tertiary/aromatic N) is 5. The minimum atomic E-state index is -0.483. The van der Waals surface area contributed by atoms with Gasteiger partial charge in [-0.3, -0.25) is 9.69 Å². The molecule has 0 N–H and O–H groups in total. The van der Waals surface area contributed by atoms with E-state index in [-0.39, 0.29) is 11.9 Å². The molecular weight excluding hydrogens is 414 g/mol. The van der Waals surface area contributed by atoms with Crippen LogP contribution in [0.1, 0.15) is 30.9 Å². The highest BCUT2D eigenvalue weighted by molar-refractivity contribution is 6.07. The standard InChI is InChI=1S/C26H31N5O2/c1-3-19-11-13-21(14-12-19)29-16-7-8-17-30-22-23(27-25(29)30)28(2)26(33)31(24(22)32)18-15-20-9-5-4-6-10-20/h4-6,9-14,22-23H,3,7-8,15-18H2,1-2H3. The second kappa shape index (κ2) is 8.89. The number of carbonyl (C=O) groups excluding carboxylic acids is 2. The van der Waals surface area contributed by atoms with Gasteiger partial charge >= 0.3 is 6.03 Å². The Morgan fingerprint density at radius 3 is 2.39 bits per heavy atom. The molecule has 3 heterocycles. The molecule has 2 aromatic carbocycles. The molecule has 2 fully saturated rings. The highest BCUT2D eigenvalue weighted by Gasteiger charge is 2.53. The number of guanidine groups is 1. The summed E-state index contributed by atoms with van der Waals surface area (Å²) in [6.45, 7) is 4.14. The average molecular weight is 446 g/mol. The fourth-order valence-electron chi connectivity index (χ4n) is 5.03. The number of amides is 3. The molecule has 3 aliphatic rings. The number of hydrogen-bond donors (Lipinski definition) is 0. The quantitative estimate of drug-likeness (QED) is 0.708. The van der Waals surface area contributed by atoms with Crippen molar-refractivity contribution in [1.29, 1.82) is 0 Å². The molecule has 33 heavy (non-hydrogen) atoms. The molecule has 7 nitrogen and oxygen atoms in total. The Bertz CT molecular complexity index is 1050. The predicted molar refractivity (Wildman–Crippen MR) is 129 cm³/mol. The lowest BCUT2D eigenvalue weighted by Crippen LogP contribution is -2.65. The van der Waals surface area contributed by atoms with Crippen LogP contribution in [-0.4, -0.2) is 71.5 Å². The first-order valence-corrected chi connectivity index (χ1v) is 11.9. The third-order valence-electron chi connectivity index (χ3n) is 6.97. The van der Waals surface area contributed by atoms with Crippen molar-refractivity contribution in [3.8, 4) is 0 Å². The molecule has 0 spiro atoms. The van der Waals surface area contributed by atoms with Crippen molar-refractivity contribution in [1.82, 2.24) is 14.7 Å². The summed E-state index contributed by atoms with van der Waals surface area (Å²) in [5.74, 6) is 0.672. The molecule has 3 amide bonds. The predicted octanol–water partition coefficient (Wildman–Crippen LogP) is 3.35. The lowest BCUT2D eigenvalue weighted by Gasteiger charge is -2.41. The molecular formula is C26H31N5O2. The van der Waals surface area contributed by atoms with Gasteiger partial charge in [0.1, 0.15) is 0 Å². The monoisotopic (exact) mass is 445 g/mol. The zero-order chi connectivity index (χ0) is 22.9. The Kier molecular flexibility index (Phi) is 5.79. The third kappa shape index (κ3) is 3.86. The maximum atomic E-state index is 13.6. The van der Waals surface area contributed by atoms with Gasteiger partial charge in [0.05, 0.1) is 0 Å². The molecule has 0 radical (unpaired) electrons. The van der Waals surface area contributed by atoms with E-state index in [1.165, 1.54) is 10.5 Å². The second-order valence-corrected chi connectivity index (χ2v) is 8.98. The van der Waals surface area contributed by atoms with Crippen LogP contribution in [0, 0.1) is 0 Å². The number of likely N-dealkylation sites (N-methyl/N-ethyl adjacent to an activating group) is 1. The third-order valence-corrected chi connectivity index (χ3v) is 6.97. The summed E-state index contributed by atoms with van der Waals surface area (Å²) in [7, 11) is 1.76. The van der Waals surface area contributed by atoms with Gasteiger partial charge < -0.3 is 14.7 Å². The number of urea groups is 1. The minimum absolute atomic E-state index is 0.138. The van der Waals surface area contributed by atoms with Crippen LogP contribution in [0.25, 0.3) is 0 Å². The van der Waals surface area contributed by atoms with Gasteiger partial charge in [-0.1, -0.05) is 49.4 Å². The Labute approximate surface area is 195 Å². The fourth-order valence-corrected chi connectivity index (χ4v) is 5.03. The number of hydrogen-bond acceptors (Lipinski definition) is 5. The van der Waals surface area contributed by atoms with Crippen molar-refractivity contribution in [2.45, 2.75) is 44.8 Å². The van der Waals surface area contributed by atoms with Crippen molar-refractivity contribution in [2.24, 2.45) is 4.99 Å². The van der Waals surface area contributed by atoms with Crippen molar-refractivity contribution >= 4 is 23.6 Å². The van der Waals surface area contributed by atoms with Crippen molar-refractivity contribution in [3.63, 3.8) is 0 Å². The van der Waals surface area contributed by atoms with E-state index in [0.29, 0.717) is 13.0 Å². The van der Waals surface area contributed by atoms with Crippen molar-refractivity contribution in [2.75, 3.05) is 31.6 Å². The number of rotatable bonds is 5. The zero-order valence-corrected chi connectivity index (χ0v) is 19.4. The van der Waals surface area contributed by atoms with Gasteiger partial charge in [0, 0.05) is 32.4 Å². The SMILES string of the molecule is CCc1ccc(N2CCCCN3C2=NC2C3C(=O)N(CCc3ccccc3)C(=O)N2C)cc1. The Morgan fingerprint density at radius 1 is 0.939 bits per heavy atom. The van der Waals surface area contributed by atoms with Gasteiger partial charge in [-0.15, -0.1) is 0 Å². The van der Waals surface area contributed by atoms with Crippen LogP contribution in [0.4, 0.5) is 10.5 Å². The van der Waals surface area contributed by atoms with Crippen LogP contribution in [0.3, 0.4) is 0 Å². The number of aliphatic imine (C=N–C) groups is 1. The number of carbonyl (C=O) groups is 2. The van der Waals surface area contributed by atoms with E-state index in [4.69, 9.17) is 4.99 Å². The summed E-state index contributed by atoms with van der Waals surface area (Å²) in [6.07, 6.45) is 3.18. The maximum absolute atomic E-state index is 13.6. The van der Waals surface area contributed by atoms with E-state index >= 15 is 0 Å². The molecule has 2 aromatic rings. The van der Waals surface area contributed by atoms with Crippen LogP contribution in [0.2, 0.25) is 0 Å². The maximum Gasteiger partial charge on any atom is 0.328 e. The first kappa shape index (κ1) is 21.5. The van der Waals surface area contributed by atoms with E-state index in [1.54, 1.807) is 11.9 Å². The zero-order valence-electron chi connectivity index (χ0n) is 19.4. The molecule has 0 bridgehead atoms. The lowest BCUT2D eigenvalue weighted by atomic mass is 10.1. The lowest BCUT2D eigenvalue weighted by molar-refractivity contribution is -0.137. The van der Waals surface area contributed by atoms with Crippen LogP contribution in [0.5, 0.6) is 0 Å². The summed E-state index contributed by atoms with van der Waals surface area (Å²) in [5, 5.41) is 0. The summed E-state index contributed by atoms with van der Waals surface area (Å²) < 4.78 is 0. The van der Waals surface area contributed by atoms with Gasteiger partial charge in [0.2, 0.25) is 5.96 Å². The van der Waals surface area contributed by atoms with Crippen LogP contribution in [0.15, 0.2) is 59.6 Å². The van der Waals surface area contributed by atoms with Crippen LogP contribution in [-0.2, 0) is 17.6 Å². The van der Waals surface area contributed by atoms with Gasteiger partial charge in [0.25, 0.3) is 5.91 Å². The fraction of sp³-hybridized carbons (Fsp3) is 0.423. The average Bonchev–Trinajstić information content (AvgIpc) is 3.11.